The number of hydrogen-bond donors (Lipinski definition) is 1. The first-order valence-corrected chi connectivity index (χ1v) is 9.83. The highest BCUT2D eigenvalue weighted by Crippen LogP contribution is 2.31. The van der Waals surface area contributed by atoms with E-state index in [2.05, 4.69) is 10.5 Å². The summed E-state index contributed by atoms with van der Waals surface area (Å²) in [6, 6.07) is 22.5. The molecule has 0 unspecified atom stereocenters. The average Bonchev–Trinajstić information content (AvgIpc) is 3.27. The van der Waals surface area contributed by atoms with E-state index in [1.807, 2.05) is 36.4 Å². The maximum absolute atomic E-state index is 12.2. The van der Waals surface area contributed by atoms with Gasteiger partial charge in [-0.3, -0.25) is 4.79 Å². The molecular weight excluding hydrogens is 396 g/mol. The number of hydrogen-bond acceptors (Lipinski definition) is 6. The summed E-state index contributed by atoms with van der Waals surface area (Å²) < 4.78 is 22.0. The van der Waals surface area contributed by atoms with E-state index in [0.29, 0.717) is 23.9 Å². The fourth-order valence-electron chi connectivity index (χ4n) is 2.87. The first-order valence-electron chi connectivity index (χ1n) is 9.83. The number of nitrogens with zero attached hydrogens (tertiary/aromatic N) is 1. The van der Waals surface area contributed by atoms with Crippen LogP contribution in [-0.2, 0) is 11.4 Å². The summed E-state index contributed by atoms with van der Waals surface area (Å²) in [7, 11) is 0. The summed E-state index contributed by atoms with van der Waals surface area (Å²) in [4.78, 5) is 12.2. The Bertz CT molecular complexity index is 1050. The molecule has 0 spiro atoms. The van der Waals surface area contributed by atoms with Crippen molar-refractivity contribution in [3.63, 3.8) is 0 Å². The lowest BCUT2D eigenvalue weighted by molar-refractivity contribution is -0.127. The van der Waals surface area contributed by atoms with Gasteiger partial charge in [-0.1, -0.05) is 30.3 Å². The molecule has 3 aromatic carbocycles. The second kappa shape index (κ2) is 9.67. The fourth-order valence-corrected chi connectivity index (χ4v) is 2.87. The van der Waals surface area contributed by atoms with Gasteiger partial charge in [0.1, 0.15) is 18.1 Å². The van der Waals surface area contributed by atoms with Gasteiger partial charge in [0, 0.05) is 0 Å². The molecule has 1 atom stereocenters. The number of ether oxygens (including phenoxy) is 4. The van der Waals surface area contributed by atoms with Crippen molar-refractivity contribution in [2.24, 2.45) is 5.10 Å². The molecule has 4 rings (SSSR count). The first kappa shape index (κ1) is 20.3. The molecule has 0 saturated carbocycles. The summed E-state index contributed by atoms with van der Waals surface area (Å²) in [5, 5.41) is 3.98. The molecule has 1 heterocycles. The number of hydrazone groups is 1. The normalized spacial score (nSPS) is 13.1. The maximum atomic E-state index is 12.2. The van der Waals surface area contributed by atoms with Crippen LogP contribution in [0.25, 0.3) is 0 Å². The summed E-state index contributed by atoms with van der Waals surface area (Å²) in [5.41, 5.74) is 4.35. The highest BCUT2D eigenvalue weighted by atomic mass is 16.7. The van der Waals surface area contributed by atoms with Crippen LogP contribution in [0, 0.1) is 0 Å². The Balaban J connectivity index is 1.24. The van der Waals surface area contributed by atoms with Crippen LogP contribution in [0.1, 0.15) is 18.1 Å². The molecule has 1 N–H and O–H groups in total. The van der Waals surface area contributed by atoms with E-state index >= 15 is 0 Å². The Hall–Kier alpha value is -4.00. The van der Waals surface area contributed by atoms with Crippen LogP contribution >= 0.6 is 0 Å². The van der Waals surface area contributed by atoms with Crippen LogP contribution in [0.4, 0.5) is 0 Å². The van der Waals surface area contributed by atoms with Gasteiger partial charge in [-0.05, 0) is 60.5 Å². The van der Waals surface area contributed by atoms with Crippen LogP contribution in [-0.4, -0.2) is 25.0 Å². The highest BCUT2D eigenvalue weighted by molar-refractivity contribution is 5.85. The predicted molar refractivity (Wildman–Crippen MR) is 116 cm³/mol. The third-order valence-electron chi connectivity index (χ3n) is 4.54. The van der Waals surface area contributed by atoms with Crippen molar-refractivity contribution in [3.8, 4) is 23.0 Å². The van der Waals surface area contributed by atoms with Crippen LogP contribution in [0.2, 0.25) is 0 Å². The molecule has 0 bridgehead atoms. The Morgan fingerprint density at radius 1 is 1.03 bits per heavy atom. The number of nitrogens with one attached hydrogen (secondary N) is 1. The standard InChI is InChI=1S/C24H22N2O5/c1-17(24(27)26-25-14-19-7-12-22-23(13-19)30-16-29-22)31-21-10-8-20(9-11-21)28-15-18-5-3-2-4-6-18/h2-14,17H,15-16H2,1H3,(H,26,27)/b25-14-/t17-/m1/s1. The van der Waals surface area contributed by atoms with Gasteiger partial charge in [0.25, 0.3) is 5.91 Å². The molecule has 7 heteroatoms. The van der Waals surface area contributed by atoms with Gasteiger partial charge in [-0.15, -0.1) is 0 Å². The molecule has 0 radical (unpaired) electrons. The fraction of sp³-hybridized carbons (Fsp3) is 0.167. The largest absolute Gasteiger partial charge is 0.489 e. The van der Waals surface area contributed by atoms with Gasteiger partial charge in [-0.2, -0.15) is 5.10 Å². The quantitative estimate of drug-likeness (QED) is 0.443. The van der Waals surface area contributed by atoms with E-state index in [4.69, 9.17) is 18.9 Å². The van der Waals surface area contributed by atoms with E-state index in [-0.39, 0.29) is 12.7 Å². The monoisotopic (exact) mass is 418 g/mol. The van der Waals surface area contributed by atoms with Crippen LogP contribution < -0.4 is 24.4 Å². The lowest BCUT2D eigenvalue weighted by Gasteiger charge is -2.13. The third kappa shape index (κ3) is 5.54. The average molecular weight is 418 g/mol. The maximum Gasteiger partial charge on any atom is 0.280 e. The van der Waals surface area contributed by atoms with Crippen molar-refractivity contribution in [3.05, 3.63) is 83.9 Å². The molecule has 3 aromatic rings. The molecule has 7 nitrogen and oxygen atoms in total. The lowest BCUT2D eigenvalue weighted by Crippen LogP contribution is -2.33. The topological polar surface area (TPSA) is 78.4 Å². The SMILES string of the molecule is C[C@@H](Oc1ccc(OCc2ccccc2)cc1)C(=O)N/N=C\c1ccc2c(c1)OCO2. The number of carbonyl (C=O) groups excluding carboxylic acids is 1. The van der Waals surface area contributed by atoms with Gasteiger partial charge in [-0.25, -0.2) is 5.43 Å². The summed E-state index contributed by atoms with van der Waals surface area (Å²) in [6.45, 7) is 2.36. The van der Waals surface area contributed by atoms with E-state index in [1.165, 1.54) is 6.21 Å². The zero-order valence-corrected chi connectivity index (χ0v) is 17.0. The molecule has 0 aromatic heterocycles. The van der Waals surface area contributed by atoms with E-state index in [0.717, 1.165) is 16.9 Å². The number of benzene rings is 3. The van der Waals surface area contributed by atoms with Gasteiger partial charge in [0.05, 0.1) is 6.21 Å². The predicted octanol–water partition coefficient (Wildman–Crippen LogP) is 3.91. The molecule has 158 valence electrons. The van der Waals surface area contributed by atoms with Gasteiger partial charge in [0.2, 0.25) is 6.79 Å². The molecular formula is C24H22N2O5. The van der Waals surface area contributed by atoms with Crippen molar-refractivity contribution in [2.75, 3.05) is 6.79 Å². The van der Waals surface area contributed by atoms with Crippen molar-refractivity contribution in [2.45, 2.75) is 19.6 Å². The lowest BCUT2D eigenvalue weighted by atomic mass is 10.2. The second-order valence-electron chi connectivity index (χ2n) is 6.85. The Morgan fingerprint density at radius 3 is 2.58 bits per heavy atom. The van der Waals surface area contributed by atoms with E-state index in [1.54, 1.807) is 43.3 Å². The third-order valence-corrected chi connectivity index (χ3v) is 4.54. The van der Waals surface area contributed by atoms with Crippen molar-refractivity contribution < 1.29 is 23.7 Å². The van der Waals surface area contributed by atoms with Gasteiger partial charge >= 0.3 is 0 Å². The van der Waals surface area contributed by atoms with Crippen molar-refractivity contribution >= 4 is 12.1 Å². The van der Waals surface area contributed by atoms with Gasteiger partial charge in [0.15, 0.2) is 17.6 Å². The highest BCUT2D eigenvalue weighted by Gasteiger charge is 2.15. The zero-order chi connectivity index (χ0) is 21.5. The number of fused-ring (bicyclic) bond motifs is 1. The molecule has 1 aliphatic heterocycles. The molecule has 1 aliphatic rings. The zero-order valence-electron chi connectivity index (χ0n) is 17.0. The summed E-state index contributed by atoms with van der Waals surface area (Å²) in [6.07, 6.45) is 0.816. The smallest absolute Gasteiger partial charge is 0.280 e. The van der Waals surface area contributed by atoms with Crippen molar-refractivity contribution in [1.29, 1.82) is 0 Å². The second-order valence-corrected chi connectivity index (χ2v) is 6.85. The molecule has 0 saturated heterocycles. The Morgan fingerprint density at radius 2 is 1.77 bits per heavy atom. The molecule has 0 fully saturated rings. The first-order chi connectivity index (χ1) is 15.2. The summed E-state index contributed by atoms with van der Waals surface area (Å²) in [5.74, 6) is 2.28. The molecule has 1 amide bonds. The molecule has 0 aliphatic carbocycles. The van der Waals surface area contributed by atoms with Crippen LogP contribution in [0.15, 0.2) is 77.9 Å². The minimum atomic E-state index is -0.718. The van der Waals surface area contributed by atoms with E-state index < -0.39 is 6.10 Å². The molecule has 31 heavy (non-hydrogen) atoms. The number of amides is 1. The van der Waals surface area contributed by atoms with Crippen LogP contribution in [0.3, 0.4) is 0 Å². The minimum absolute atomic E-state index is 0.210. The van der Waals surface area contributed by atoms with E-state index in [9.17, 15) is 4.79 Å². The van der Waals surface area contributed by atoms with Gasteiger partial charge < -0.3 is 18.9 Å². The minimum Gasteiger partial charge on any atom is -0.489 e. The number of carbonyl (C=O) groups is 1. The summed E-state index contributed by atoms with van der Waals surface area (Å²) >= 11 is 0. The Labute approximate surface area is 180 Å². The van der Waals surface area contributed by atoms with Crippen molar-refractivity contribution in [1.82, 2.24) is 5.43 Å². The van der Waals surface area contributed by atoms with Crippen LogP contribution in [0.5, 0.6) is 23.0 Å². The Kier molecular flexibility index (Phi) is 6.32. The number of rotatable bonds is 8.